The van der Waals surface area contributed by atoms with Gasteiger partial charge in [-0.1, -0.05) is 6.07 Å². The fourth-order valence-corrected chi connectivity index (χ4v) is 1.83. The molecule has 1 atom stereocenters. The third kappa shape index (κ3) is 4.92. The van der Waals surface area contributed by atoms with Gasteiger partial charge in [-0.25, -0.2) is 4.79 Å². The number of phenolic OH excluding ortho intramolecular Hbond substituents is 1. The van der Waals surface area contributed by atoms with Crippen molar-refractivity contribution in [1.29, 1.82) is 0 Å². The molecule has 0 aliphatic carbocycles. The molecule has 1 unspecified atom stereocenters. The summed E-state index contributed by atoms with van der Waals surface area (Å²) in [6, 6.07) is 4.38. The molecular formula is C15H22N2O5. The topological polar surface area (TPSA) is 111 Å². The Morgan fingerprint density at radius 3 is 2.45 bits per heavy atom. The van der Waals surface area contributed by atoms with E-state index in [4.69, 9.17) is 10.5 Å². The van der Waals surface area contributed by atoms with Crippen LogP contribution in [-0.4, -0.2) is 36.4 Å². The number of carbonyl (C=O) groups is 2. The van der Waals surface area contributed by atoms with Crippen LogP contribution in [-0.2, 0) is 14.3 Å². The van der Waals surface area contributed by atoms with E-state index in [1.807, 2.05) is 0 Å². The van der Waals surface area contributed by atoms with Gasteiger partial charge in [0.25, 0.3) is 0 Å². The maximum atomic E-state index is 11.7. The molecular weight excluding hydrogens is 288 g/mol. The molecule has 0 aliphatic heterocycles. The number of carbonyl (C=O) groups excluding carboxylic acids is 2. The zero-order valence-corrected chi connectivity index (χ0v) is 13.2. The molecule has 0 heterocycles. The van der Waals surface area contributed by atoms with Gasteiger partial charge in [0, 0.05) is 23.9 Å². The highest BCUT2D eigenvalue weighted by Gasteiger charge is 2.23. The van der Waals surface area contributed by atoms with Crippen LogP contribution in [0.1, 0.15) is 32.3 Å². The molecule has 0 bridgehead atoms. The number of amides is 1. The number of rotatable bonds is 4. The first kappa shape index (κ1) is 17.8. The van der Waals surface area contributed by atoms with Crippen LogP contribution in [0.25, 0.3) is 0 Å². The van der Waals surface area contributed by atoms with Gasteiger partial charge in [-0.05, 0) is 26.8 Å². The van der Waals surface area contributed by atoms with Gasteiger partial charge in [-0.2, -0.15) is 0 Å². The molecule has 122 valence electrons. The summed E-state index contributed by atoms with van der Waals surface area (Å²) in [5.74, 6) is -1.46. The van der Waals surface area contributed by atoms with Crippen molar-refractivity contribution in [2.75, 3.05) is 19.0 Å². The summed E-state index contributed by atoms with van der Waals surface area (Å²) in [4.78, 5) is 23.3. The zero-order valence-electron chi connectivity index (χ0n) is 13.2. The number of nitrogens with two attached hydrogens (primary N) is 1. The molecule has 0 spiro atoms. The van der Waals surface area contributed by atoms with Crippen LogP contribution < -0.4 is 11.1 Å². The Morgan fingerprint density at radius 2 is 2.00 bits per heavy atom. The van der Waals surface area contributed by atoms with Crippen LogP contribution in [0.4, 0.5) is 10.5 Å². The highest BCUT2D eigenvalue weighted by atomic mass is 16.6. The molecule has 22 heavy (non-hydrogen) atoms. The average molecular weight is 310 g/mol. The van der Waals surface area contributed by atoms with Crippen LogP contribution in [0.15, 0.2) is 18.2 Å². The summed E-state index contributed by atoms with van der Waals surface area (Å²) in [5.41, 5.74) is 5.59. The lowest BCUT2D eigenvalue weighted by atomic mass is 9.98. The summed E-state index contributed by atoms with van der Waals surface area (Å²) in [6.45, 7) is 5.24. The van der Waals surface area contributed by atoms with Gasteiger partial charge in [-0.3, -0.25) is 10.1 Å². The number of hydrogen-bond donors (Lipinski definition) is 3. The van der Waals surface area contributed by atoms with E-state index < -0.39 is 23.6 Å². The Bertz CT molecular complexity index is 551. The van der Waals surface area contributed by atoms with Gasteiger partial charge in [0.1, 0.15) is 11.4 Å². The number of hydrogen-bond acceptors (Lipinski definition) is 6. The van der Waals surface area contributed by atoms with Crippen molar-refractivity contribution in [3.63, 3.8) is 0 Å². The number of phenols is 1. The van der Waals surface area contributed by atoms with E-state index in [-0.39, 0.29) is 12.3 Å². The van der Waals surface area contributed by atoms with E-state index in [0.29, 0.717) is 11.3 Å². The average Bonchev–Trinajstić information content (AvgIpc) is 2.39. The summed E-state index contributed by atoms with van der Waals surface area (Å²) in [5, 5.41) is 12.5. The fraction of sp³-hybridized carbons (Fsp3) is 0.467. The number of nitrogens with one attached hydrogen (secondary N) is 1. The van der Waals surface area contributed by atoms with Crippen LogP contribution in [0.5, 0.6) is 5.75 Å². The standard InChI is InChI=1S/C15H22N2O5/c1-15(2,3)22-14(20)17-9-5-6-10(12(18)7-9)11(8-16)13(19)21-4/h5-7,11,18H,8,16H2,1-4H3,(H,17,20). The number of anilines is 1. The molecule has 0 aromatic heterocycles. The molecule has 0 saturated carbocycles. The number of aromatic hydroxyl groups is 1. The van der Waals surface area contributed by atoms with Gasteiger partial charge in [0.2, 0.25) is 0 Å². The van der Waals surface area contributed by atoms with E-state index in [9.17, 15) is 14.7 Å². The van der Waals surface area contributed by atoms with E-state index in [0.717, 1.165) is 0 Å². The second-order valence-corrected chi connectivity index (χ2v) is 5.71. The number of benzene rings is 1. The Hall–Kier alpha value is -2.28. The van der Waals surface area contributed by atoms with Crippen molar-refractivity contribution in [2.45, 2.75) is 32.3 Å². The summed E-state index contributed by atoms with van der Waals surface area (Å²) >= 11 is 0. The third-order valence-corrected chi connectivity index (χ3v) is 2.77. The highest BCUT2D eigenvalue weighted by Crippen LogP contribution is 2.29. The predicted molar refractivity (Wildman–Crippen MR) is 81.8 cm³/mol. The normalized spacial score (nSPS) is 12.4. The lowest BCUT2D eigenvalue weighted by Gasteiger charge is -2.20. The highest BCUT2D eigenvalue weighted by molar-refractivity contribution is 5.86. The number of ether oxygens (including phenoxy) is 2. The molecule has 4 N–H and O–H groups in total. The zero-order chi connectivity index (χ0) is 16.9. The molecule has 7 heteroatoms. The second kappa shape index (κ2) is 7.13. The molecule has 7 nitrogen and oxygen atoms in total. The van der Waals surface area contributed by atoms with Crippen molar-refractivity contribution in [3.8, 4) is 5.75 Å². The largest absolute Gasteiger partial charge is 0.508 e. The Labute approximate surface area is 129 Å². The first-order valence-electron chi connectivity index (χ1n) is 6.78. The molecule has 1 aromatic rings. The molecule has 1 rings (SSSR count). The van der Waals surface area contributed by atoms with Crippen molar-refractivity contribution in [3.05, 3.63) is 23.8 Å². The molecule has 0 radical (unpaired) electrons. The third-order valence-electron chi connectivity index (χ3n) is 2.77. The van der Waals surface area contributed by atoms with Crippen LogP contribution in [0, 0.1) is 0 Å². The van der Waals surface area contributed by atoms with Gasteiger partial charge < -0.3 is 20.3 Å². The lowest BCUT2D eigenvalue weighted by molar-refractivity contribution is -0.142. The summed E-state index contributed by atoms with van der Waals surface area (Å²) < 4.78 is 9.75. The quantitative estimate of drug-likeness (QED) is 0.733. The second-order valence-electron chi connectivity index (χ2n) is 5.71. The fourth-order valence-electron chi connectivity index (χ4n) is 1.83. The van der Waals surface area contributed by atoms with Crippen molar-refractivity contribution in [2.24, 2.45) is 5.73 Å². The molecule has 0 aliphatic rings. The summed E-state index contributed by atoms with van der Waals surface area (Å²) in [6.07, 6.45) is -0.636. The van der Waals surface area contributed by atoms with E-state index in [2.05, 4.69) is 10.1 Å². The van der Waals surface area contributed by atoms with Gasteiger partial charge in [0.15, 0.2) is 0 Å². The van der Waals surface area contributed by atoms with Gasteiger partial charge in [0.05, 0.1) is 13.0 Å². The van der Waals surface area contributed by atoms with E-state index >= 15 is 0 Å². The first-order chi connectivity index (χ1) is 10.2. The lowest BCUT2D eigenvalue weighted by Crippen LogP contribution is -2.27. The number of esters is 1. The monoisotopic (exact) mass is 310 g/mol. The first-order valence-corrected chi connectivity index (χ1v) is 6.78. The minimum Gasteiger partial charge on any atom is -0.508 e. The van der Waals surface area contributed by atoms with Crippen LogP contribution in [0.3, 0.4) is 0 Å². The Morgan fingerprint density at radius 1 is 1.36 bits per heavy atom. The predicted octanol–water partition coefficient (Wildman–Crippen LogP) is 1.95. The van der Waals surface area contributed by atoms with E-state index in [1.165, 1.54) is 19.2 Å². The van der Waals surface area contributed by atoms with Gasteiger partial charge in [-0.15, -0.1) is 0 Å². The SMILES string of the molecule is COC(=O)C(CN)c1ccc(NC(=O)OC(C)(C)C)cc1O. The van der Waals surface area contributed by atoms with Crippen LogP contribution in [0.2, 0.25) is 0 Å². The maximum absolute atomic E-state index is 11.7. The maximum Gasteiger partial charge on any atom is 0.412 e. The van der Waals surface area contributed by atoms with Crippen molar-refractivity contribution >= 4 is 17.7 Å². The van der Waals surface area contributed by atoms with Crippen molar-refractivity contribution < 1.29 is 24.2 Å². The van der Waals surface area contributed by atoms with Crippen LogP contribution >= 0.6 is 0 Å². The summed E-state index contributed by atoms with van der Waals surface area (Å²) in [7, 11) is 1.25. The van der Waals surface area contributed by atoms with Gasteiger partial charge >= 0.3 is 12.1 Å². The Kier molecular flexibility index (Phi) is 5.76. The minimum absolute atomic E-state index is 0.000918. The molecule has 1 aromatic carbocycles. The van der Waals surface area contributed by atoms with Crippen molar-refractivity contribution in [1.82, 2.24) is 0 Å². The number of methoxy groups -OCH3 is 1. The van der Waals surface area contributed by atoms with E-state index in [1.54, 1.807) is 26.8 Å². The Balaban J connectivity index is 2.90. The molecule has 0 saturated heterocycles. The molecule has 0 fully saturated rings. The smallest absolute Gasteiger partial charge is 0.412 e. The molecule has 1 amide bonds. The minimum atomic E-state index is -0.763.